The highest BCUT2D eigenvalue weighted by Crippen LogP contribution is 2.38. The highest BCUT2D eigenvalue weighted by atomic mass is 32.2. The monoisotopic (exact) mass is 336 g/mol. The van der Waals surface area contributed by atoms with Crippen LogP contribution in [0, 0.1) is 13.8 Å². The van der Waals surface area contributed by atoms with Gasteiger partial charge in [-0.25, -0.2) is 0 Å². The molecule has 4 heteroatoms. The lowest BCUT2D eigenvalue weighted by atomic mass is 10.1. The van der Waals surface area contributed by atoms with Crippen molar-refractivity contribution in [3.05, 3.63) is 59.3 Å². The summed E-state index contributed by atoms with van der Waals surface area (Å²) in [4.78, 5) is 14.2. The zero-order valence-corrected chi connectivity index (χ0v) is 14.9. The van der Waals surface area contributed by atoms with Gasteiger partial charge in [0.05, 0.1) is 5.52 Å². The molecule has 1 aliphatic rings. The Morgan fingerprint density at radius 1 is 1.17 bits per heavy atom. The second kappa shape index (κ2) is 5.71. The second-order valence-corrected chi connectivity index (χ2v) is 7.96. The Bertz CT molecular complexity index is 937. The topological polar surface area (TPSA) is 34.0 Å². The van der Waals surface area contributed by atoms with Crippen LogP contribution in [0.15, 0.2) is 47.4 Å². The molecule has 0 unspecified atom stereocenters. The third kappa shape index (κ3) is 2.42. The number of amides is 1. The Labute approximate surface area is 146 Å². The Balaban J connectivity index is 1.79. The van der Waals surface area contributed by atoms with E-state index >= 15 is 0 Å². The molecular weight excluding hydrogens is 316 g/mol. The van der Waals surface area contributed by atoms with E-state index in [1.807, 2.05) is 49.9 Å². The van der Waals surface area contributed by atoms with E-state index in [4.69, 9.17) is 0 Å². The minimum atomic E-state index is -0.0337. The number of rotatable bonds is 2. The molecular formula is C20H20N2OS. The molecule has 3 aromatic rings. The fourth-order valence-corrected chi connectivity index (χ4v) is 4.62. The van der Waals surface area contributed by atoms with Crippen molar-refractivity contribution in [2.75, 3.05) is 5.32 Å². The Morgan fingerprint density at radius 2 is 1.88 bits per heavy atom. The van der Waals surface area contributed by atoms with Crippen LogP contribution in [0.25, 0.3) is 10.9 Å². The SMILES string of the molecule is Cc1cccc(C)c1NC(=O)c1cc2cccc3c2n1C[C@H](C)S3. The number of benzene rings is 2. The third-order valence-corrected chi connectivity index (χ3v) is 5.74. The molecule has 0 radical (unpaired) electrons. The number of thioether (sulfide) groups is 1. The quantitative estimate of drug-likeness (QED) is 0.714. The number of aryl methyl sites for hydroxylation is 2. The van der Waals surface area contributed by atoms with Gasteiger partial charge in [0.15, 0.2) is 0 Å². The maximum Gasteiger partial charge on any atom is 0.272 e. The van der Waals surface area contributed by atoms with Gasteiger partial charge in [0.1, 0.15) is 5.69 Å². The van der Waals surface area contributed by atoms with Gasteiger partial charge < -0.3 is 9.88 Å². The highest BCUT2D eigenvalue weighted by Gasteiger charge is 2.24. The first-order chi connectivity index (χ1) is 11.5. The van der Waals surface area contributed by atoms with Crippen molar-refractivity contribution in [2.45, 2.75) is 37.5 Å². The number of carbonyl (C=O) groups is 1. The molecule has 1 aliphatic heterocycles. The predicted molar refractivity (Wildman–Crippen MR) is 101 cm³/mol. The molecule has 2 heterocycles. The van der Waals surface area contributed by atoms with Crippen LogP contribution in [0.5, 0.6) is 0 Å². The van der Waals surface area contributed by atoms with Crippen molar-refractivity contribution in [3.63, 3.8) is 0 Å². The van der Waals surface area contributed by atoms with Gasteiger partial charge in [-0.15, -0.1) is 11.8 Å². The third-order valence-electron chi connectivity index (χ3n) is 4.60. The summed E-state index contributed by atoms with van der Waals surface area (Å²) in [5, 5.41) is 4.72. The summed E-state index contributed by atoms with van der Waals surface area (Å²) in [5.41, 5.74) is 5.02. The van der Waals surface area contributed by atoms with Gasteiger partial charge >= 0.3 is 0 Å². The van der Waals surface area contributed by atoms with E-state index in [0.717, 1.165) is 34.4 Å². The summed E-state index contributed by atoms with van der Waals surface area (Å²) in [7, 11) is 0. The van der Waals surface area contributed by atoms with Gasteiger partial charge in [-0.3, -0.25) is 4.79 Å². The number of hydrogen-bond donors (Lipinski definition) is 1. The molecule has 0 aliphatic carbocycles. The van der Waals surface area contributed by atoms with Gasteiger partial charge in [-0.1, -0.05) is 37.3 Å². The first-order valence-electron chi connectivity index (χ1n) is 8.21. The van der Waals surface area contributed by atoms with Crippen molar-refractivity contribution in [1.82, 2.24) is 4.57 Å². The zero-order chi connectivity index (χ0) is 16.8. The van der Waals surface area contributed by atoms with E-state index < -0.39 is 0 Å². The number of nitrogens with zero attached hydrogens (tertiary/aromatic N) is 1. The average Bonchev–Trinajstić information content (AvgIpc) is 2.91. The lowest BCUT2D eigenvalue weighted by Gasteiger charge is -2.23. The molecule has 1 aromatic heterocycles. The molecule has 122 valence electrons. The van der Waals surface area contributed by atoms with Crippen molar-refractivity contribution < 1.29 is 4.79 Å². The lowest BCUT2D eigenvalue weighted by molar-refractivity contribution is 0.101. The fourth-order valence-electron chi connectivity index (χ4n) is 3.46. The molecule has 0 saturated heterocycles. The van der Waals surface area contributed by atoms with Crippen molar-refractivity contribution in [3.8, 4) is 0 Å². The molecule has 0 fully saturated rings. The Morgan fingerprint density at radius 3 is 2.62 bits per heavy atom. The van der Waals surface area contributed by atoms with Gasteiger partial charge in [0, 0.05) is 27.8 Å². The number of hydrogen-bond acceptors (Lipinski definition) is 2. The van der Waals surface area contributed by atoms with Crippen molar-refractivity contribution >= 4 is 34.3 Å². The van der Waals surface area contributed by atoms with E-state index in [1.54, 1.807) is 0 Å². The van der Waals surface area contributed by atoms with Crippen LogP contribution in [0.4, 0.5) is 5.69 Å². The molecule has 4 rings (SSSR count). The maximum atomic E-state index is 13.0. The number of aromatic nitrogens is 1. The number of anilines is 1. The predicted octanol–water partition coefficient (Wildman–Crippen LogP) is 5.00. The highest BCUT2D eigenvalue weighted by molar-refractivity contribution is 8.00. The normalized spacial score (nSPS) is 16.4. The first-order valence-corrected chi connectivity index (χ1v) is 9.09. The molecule has 2 aromatic carbocycles. The van der Waals surface area contributed by atoms with Crippen LogP contribution in [-0.4, -0.2) is 15.7 Å². The van der Waals surface area contributed by atoms with Crippen molar-refractivity contribution in [2.24, 2.45) is 0 Å². The zero-order valence-electron chi connectivity index (χ0n) is 14.1. The summed E-state index contributed by atoms with van der Waals surface area (Å²) in [5.74, 6) is -0.0337. The standard InChI is InChI=1S/C20H20N2OS/c1-12-6-4-7-13(2)18(12)21-20(23)16-10-15-8-5-9-17-19(15)22(16)11-14(3)24-17/h4-10,14H,11H2,1-3H3,(H,21,23)/t14-/m0/s1. The van der Waals surface area contributed by atoms with Gasteiger partial charge in [-0.05, 0) is 37.1 Å². The summed E-state index contributed by atoms with van der Waals surface area (Å²) in [6.45, 7) is 7.12. The van der Waals surface area contributed by atoms with E-state index in [9.17, 15) is 4.79 Å². The minimum Gasteiger partial charge on any atom is -0.334 e. The van der Waals surface area contributed by atoms with E-state index in [2.05, 4.69) is 35.0 Å². The largest absolute Gasteiger partial charge is 0.334 e. The van der Waals surface area contributed by atoms with Gasteiger partial charge in [0.25, 0.3) is 5.91 Å². The number of carbonyl (C=O) groups excluding carboxylic acids is 1. The molecule has 24 heavy (non-hydrogen) atoms. The van der Waals surface area contributed by atoms with E-state index in [0.29, 0.717) is 5.25 Å². The lowest BCUT2D eigenvalue weighted by Crippen LogP contribution is -2.22. The number of nitrogens with one attached hydrogen (secondary N) is 1. The average molecular weight is 336 g/mol. The smallest absolute Gasteiger partial charge is 0.272 e. The van der Waals surface area contributed by atoms with Crippen molar-refractivity contribution in [1.29, 1.82) is 0 Å². The van der Waals surface area contributed by atoms with Gasteiger partial charge in [-0.2, -0.15) is 0 Å². The molecule has 3 nitrogen and oxygen atoms in total. The number of para-hydroxylation sites is 2. The fraction of sp³-hybridized carbons (Fsp3) is 0.250. The first kappa shape index (κ1) is 15.3. The molecule has 0 spiro atoms. The molecule has 0 saturated carbocycles. The van der Waals surface area contributed by atoms with Gasteiger partial charge in [0.2, 0.25) is 0 Å². The van der Waals surface area contributed by atoms with E-state index in [1.165, 1.54) is 10.4 Å². The summed E-state index contributed by atoms with van der Waals surface area (Å²) >= 11 is 1.89. The molecule has 1 N–H and O–H groups in total. The summed E-state index contributed by atoms with van der Waals surface area (Å²) < 4.78 is 2.18. The van der Waals surface area contributed by atoms with Crippen LogP contribution in [0.2, 0.25) is 0 Å². The second-order valence-electron chi connectivity index (χ2n) is 6.48. The van der Waals surface area contributed by atoms with Crippen LogP contribution in [0.3, 0.4) is 0 Å². The van der Waals surface area contributed by atoms with Crippen LogP contribution in [0.1, 0.15) is 28.5 Å². The minimum absolute atomic E-state index is 0.0337. The summed E-state index contributed by atoms with van der Waals surface area (Å²) in [6, 6.07) is 14.4. The van der Waals surface area contributed by atoms with Crippen LogP contribution < -0.4 is 5.32 Å². The maximum absolute atomic E-state index is 13.0. The molecule has 0 bridgehead atoms. The van der Waals surface area contributed by atoms with Crippen LogP contribution >= 0.6 is 11.8 Å². The molecule has 1 atom stereocenters. The van der Waals surface area contributed by atoms with Crippen LogP contribution in [-0.2, 0) is 6.54 Å². The Hall–Kier alpha value is -2.20. The Kier molecular flexibility index (Phi) is 3.65. The molecule has 1 amide bonds. The summed E-state index contributed by atoms with van der Waals surface area (Å²) in [6.07, 6.45) is 0. The van der Waals surface area contributed by atoms with E-state index in [-0.39, 0.29) is 5.91 Å².